The summed E-state index contributed by atoms with van der Waals surface area (Å²) < 4.78 is 14.4. The van der Waals surface area contributed by atoms with Crippen LogP contribution >= 0.6 is 23.1 Å². The number of carbonyl (C=O) groups excluding carboxylic acids is 3. The molecule has 3 heterocycles. The first-order chi connectivity index (χ1) is 15.4. The molecule has 2 aromatic carbocycles. The predicted molar refractivity (Wildman–Crippen MR) is 118 cm³/mol. The SMILES string of the molecule is O=C(Cn1c2c(sc1=O)[C@@H](c1ccccc1)C1C(=O)NC(=O)C1S2)Nc1ccc(F)cc1. The number of fused-ring (bicyclic) bond motifs is 2. The second-order valence-corrected chi connectivity index (χ2v) is 9.61. The second-order valence-electron chi connectivity index (χ2n) is 7.48. The van der Waals surface area contributed by atoms with E-state index in [9.17, 15) is 23.6 Å². The Morgan fingerprint density at radius 1 is 1.03 bits per heavy atom. The van der Waals surface area contributed by atoms with E-state index in [0.29, 0.717) is 15.6 Å². The third-order valence-corrected chi connectivity index (χ3v) is 8.09. The molecule has 3 atom stereocenters. The summed E-state index contributed by atoms with van der Waals surface area (Å²) in [4.78, 5) is 50.8. The highest BCUT2D eigenvalue weighted by atomic mass is 32.2. The Kier molecular flexibility index (Phi) is 5.18. The number of thiazole rings is 1. The summed E-state index contributed by atoms with van der Waals surface area (Å²) in [5.74, 6) is -2.70. The quantitative estimate of drug-likeness (QED) is 0.573. The Hall–Kier alpha value is -3.24. The van der Waals surface area contributed by atoms with E-state index >= 15 is 0 Å². The number of imide groups is 1. The first kappa shape index (κ1) is 20.7. The van der Waals surface area contributed by atoms with E-state index in [1.54, 1.807) is 0 Å². The number of nitrogens with zero attached hydrogens (tertiary/aromatic N) is 1. The number of amides is 3. The molecular formula is C22H16FN3O4S2. The van der Waals surface area contributed by atoms with Crippen molar-refractivity contribution >= 4 is 46.5 Å². The maximum absolute atomic E-state index is 13.1. The summed E-state index contributed by atoms with van der Waals surface area (Å²) in [6.07, 6.45) is 0. The lowest BCUT2D eigenvalue weighted by molar-refractivity contribution is -0.126. The lowest BCUT2D eigenvalue weighted by Crippen LogP contribution is -2.32. The molecule has 2 aliphatic heterocycles. The molecule has 0 radical (unpaired) electrons. The first-order valence-corrected chi connectivity index (χ1v) is 11.5. The fourth-order valence-corrected chi connectivity index (χ4v) is 6.81. The van der Waals surface area contributed by atoms with Gasteiger partial charge in [-0.15, -0.1) is 0 Å². The van der Waals surface area contributed by atoms with Crippen LogP contribution in [0.4, 0.5) is 10.1 Å². The minimum atomic E-state index is -0.680. The van der Waals surface area contributed by atoms with Gasteiger partial charge >= 0.3 is 4.87 Å². The van der Waals surface area contributed by atoms with E-state index in [1.165, 1.54) is 28.8 Å². The predicted octanol–water partition coefficient (Wildman–Crippen LogP) is 2.57. The molecule has 3 aromatic rings. The van der Waals surface area contributed by atoms with Crippen molar-refractivity contribution < 1.29 is 18.8 Å². The average molecular weight is 470 g/mol. The molecule has 7 nitrogen and oxygen atoms in total. The normalized spacial score (nSPS) is 21.6. The van der Waals surface area contributed by atoms with Crippen molar-refractivity contribution in [2.75, 3.05) is 5.32 Å². The van der Waals surface area contributed by atoms with Gasteiger partial charge in [-0.1, -0.05) is 53.4 Å². The van der Waals surface area contributed by atoms with Crippen LogP contribution in [0.2, 0.25) is 0 Å². The van der Waals surface area contributed by atoms with Gasteiger partial charge in [0, 0.05) is 16.5 Å². The number of benzene rings is 2. The molecule has 2 aliphatic rings. The Morgan fingerprint density at radius 2 is 1.75 bits per heavy atom. The van der Waals surface area contributed by atoms with Crippen LogP contribution in [0.1, 0.15) is 16.4 Å². The number of carbonyl (C=O) groups is 3. The van der Waals surface area contributed by atoms with E-state index in [1.807, 2.05) is 30.3 Å². The summed E-state index contributed by atoms with van der Waals surface area (Å²) >= 11 is 2.13. The molecule has 3 amide bonds. The van der Waals surface area contributed by atoms with Crippen LogP contribution in [0.5, 0.6) is 0 Å². The maximum Gasteiger partial charge on any atom is 0.308 e. The number of hydrogen-bond acceptors (Lipinski definition) is 6. The second kappa shape index (κ2) is 8.03. The number of rotatable bonds is 4. The van der Waals surface area contributed by atoms with Crippen molar-refractivity contribution in [1.82, 2.24) is 9.88 Å². The number of anilines is 1. The van der Waals surface area contributed by atoms with Crippen LogP contribution in [0, 0.1) is 11.7 Å². The lowest BCUT2D eigenvalue weighted by Gasteiger charge is -2.30. The van der Waals surface area contributed by atoms with Crippen LogP contribution in [-0.2, 0) is 20.9 Å². The minimum Gasteiger partial charge on any atom is -0.325 e. The van der Waals surface area contributed by atoms with Gasteiger partial charge in [0.1, 0.15) is 17.6 Å². The van der Waals surface area contributed by atoms with Crippen molar-refractivity contribution in [3.8, 4) is 0 Å². The molecule has 0 bridgehead atoms. The molecule has 2 unspecified atom stereocenters. The fraction of sp³-hybridized carbons (Fsp3) is 0.182. The molecule has 1 aromatic heterocycles. The number of aromatic nitrogens is 1. The molecule has 0 aliphatic carbocycles. The summed E-state index contributed by atoms with van der Waals surface area (Å²) in [5.41, 5.74) is 1.24. The Labute approximate surface area is 189 Å². The monoisotopic (exact) mass is 469 g/mol. The molecule has 2 N–H and O–H groups in total. The summed E-state index contributed by atoms with van der Waals surface area (Å²) in [6.45, 7) is -0.260. The molecule has 5 rings (SSSR count). The van der Waals surface area contributed by atoms with Crippen molar-refractivity contribution in [2.45, 2.75) is 22.7 Å². The van der Waals surface area contributed by atoms with Crippen LogP contribution < -0.4 is 15.5 Å². The molecule has 32 heavy (non-hydrogen) atoms. The van der Waals surface area contributed by atoms with E-state index in [0.717, 1.165) is 28.7 Å². The number of nitrogens with one attached hydrogen (secondary N) is 2. The van der Waals surface area contributed by atoms with E-state index in [4.69, 9.17) is 0 Å². The van der Waals surface area contributed by atoms with Crippen LogP contribution in [-0.4, -0.2) is 27.5 Å². The molecule has 1 fully saturated rings. The molecule has 10 heteroatoms. The highest BCUT2D eigenvalue weighted by Gasteiger charge is 2.52. The molecule has 0 saturated carbocycles. The smallest absolute Gasteiger partial charge is 0.308 e. The van der Waals surface area contributed by atoms with Crippen molar-refractivity contribution in [3.63, 3.8) is 0 Å². The van der Waals surface area contributed by atoms with Gasteiger partial charge < -0.3 is 5.32 Å². The number of thioether (sulfide) groups is 1. The number of hydrogen-bond donors (Lipinski definition) is 2. The van der Waals surface area contributed by atoms with Crippen LogP contribution in [0.3, 0.4) is 0 Å². The molecule has 0 spiro atoms. The standard InChI is InChI=1S/C22H16FN3O4S2/c23-12-6-8-13(9-7-12)24-14(27)10-26-21-18(32-22(26)30)15(11-4-2-1-3-5-11)16-17(31-21)20(29)25-19(16)28/h1-9,15-17H,10H2,(H,24,27)(H,25,28,29)/t15-,16?,17?/m0/s1. The third kappa shape index (κ3) is 3.55. The Morgan fingerprint density at radius 3 is 2.47 bits per heavy atom. The number of halogens is 1. The summed E-state index contributed by atoms with van der Waals surface area (Å²) in [6, 6.07) is 14.6. The van der Waals surface area contributed by atoms with Crippen molar-refractivity contribution in [3.05, 3.63) is 80.5 Å². The third-order valence-electron chi connectivity index (χ3n) is 5.48. The molecular weight excluding hydrogens is 453 g/mol. The van der Waals surface area contributed by atoms with Crippen LogP contribution in [0.25, 0.3) is 0 Å². The maximum atomic E-state index is 13.1. The van der Waals surface area contributed by atoms with E-state index in [-0.39, 0.29) is 17.3 Å². The zero-order chi connectivity index (χ0) is 22.4. The molecule has 162 valence electrons. The Balaban J connectivity index is 1.52. The van der Waals surface area contributed by atoms with Gasteiger partial charge in [-0.2, -0.15) is 0 Å². The highest BCUT2D eigenvalue weighted by molar-refractivity contribution is 8.00. The highest BCUT2D eigenvalue weighted by Crippen LogP contribution is 2.51. The zero-order valence-corrected chi connectivity index (χ0v) is 18.0. The minimum absolute atomic E-state index is 0.260. The van der Waals surface area contributed by atoms with Crippen LogP contribution in [0.15, 0.2) is 64.4 Å². The molecule has 1 saturated heterocycles. The lowest BCUT2D eigenvalue weighted by atomic mass is 9.83. The fourth-order valence-electron chi connectivity index (χ4n) is 4.07. The van der Waals surface area contributed by atoms with Gasteiger partial charge in [0.25, 0.3) is 0 Å². The first-order valence-electron chi connectivity index (χ1n) is 9.77. The van der Waals surface area contributed by atoms with Gasteiger partial charge in [0.05, 0.1) is 10.9 Å². The van der Waals surface area contributed by atoms with Gasteiger partial charge in [-0.05, 0) is 29.8 Å². The van der Waals surface area contributed by atoms with Gasteiger partial charge in [-0.3, -0.25) is 29.1 Å². The van der Waals surface area contributed by atoms with Crippen molar-refractivity contribution in [2.24, 2.45) is 5.92 Å². The van der Waals surface area contributed by atoms with Gasteiger partial charge in [0.15, 0.2) is 0 Å². The zero-order valence-electron chi connectivity index (χ0n) is 16.4. The topological polar surface area (TPSA) is 97.3 Å². The van der Waals surface area contributed by atoms with Gasteiger partial charge in [0.2, 0.25) is 17.7 Å². The van der Waals surface area contributed by atoms with E-state index < -0.39 is 34.7 Å². The average Bonchev–Trinajstić information content (AvgIpc) is 3.24. The summed E-state index contributed by atoms with van der Waals surface area (Å²) in [7, 11) is 0. The summed E-state index contributed by atoms with van der Waals surface area (Å²) in [5, 5.41) is 4.89. The van der Waals surface area contributed by atoms with Crippen molar-refractivity contribution in [1.29, 1.82) is 0 Å². The van der Waals surface area contributed by atoms with E-state index in [2.05, 4.69) is 10.6 Å². The largest absolute Gasteiger partial charge is 0.325 e. The van der Waals surface area contributed by atoms with Gasteiger partial charge in [-0.25, -0.2) is 4.39 Å². The Bertz CT molecular complexity index is 1290.